The highest BCUT2D eigenvalue weighted by atomic mass is 79.9. The highest BCUT2D eigenvalue weighted by Crippen LogP contribution is 2.09. The molecule has 0 unspecified atom stereocenters. The number of ether oxygens (including phenoxy) is 2. The summed E-state index contributed by atoms with van der Waals surface area (Å²) >= 11 is 3.27. The molecule has 2 aromatic heterocycles. The molecule has 0 saturated carbocycles. The first-order chi connectivity index (χ1) is 11.0. The number of pyridine rings is 1. The summed E-state index contributed by atoms with van der Waals surface area (Å²) in [7, 11) is 0. The van der Waals surface area contributed by atoms with Crippen LogP contribution in [-0.2, 0) is 25.7 Å². The maximum absolute atomic E-state index is 12.0. The van der Waals surface area contributed by atoms with Gasteiger partial charge < -0.3 is 9.47 Å². The number of carbonyl (C=O) groups is 2. The molecular weight excluding hydrogens is 368 g/mol. The Morgan fingerprint density at radius 2 is 1.96 bits per heavy atom. The number of hydrogen-bond acceptors (Lipinski definition) is 6. The Labute approximate surface area is 139 Å². The number of esters is 2. The molecule has 0 aliphatic heterocycles. The van der Waals surface area contributed by atoms with Crippen molar-refractivity contribution in [1.82, 2.24) is 9.38 Å². The van der Waals surface area contributed by atoms with Crippen LogP contribution in [0.1, 0.15) is 12.6 Å². The third-order valence-electron chi connectivity index (χ3n) is 2.68. The number of nitrogens with zero attached hydrogens (tertiary/aromatic N) is 2. The van der Waals surface area contributed by atoms with Crippen molar-refractivity contribution in [2.45, 2.75) is 13.5 Å². The van der Waals surface area contributed by atoms with E-state index >= 15 is 0 Å². The molecule has 0 aliphatic carbocycles. The third kappa shape index (κ3) is 4.75. The molecule has 0 amide bonds. The number of hydrogen-bond donors (Lipinski definition) is 0. The van der Waals surface area contributed by atoms with Crippen LogP contribution in [0.25, 0.3) is 5.65 Å². The molecule has 2 aromatic rings. The second-order valence-corrected chi connectivity index (χ2v) is 5.27. The smallest absolute Gasteiger partial charge is 0.331 e. The molecule has 0 atom stereocenters. The Balaban J connectivity index is 2.05. The molecule has 2 heterocycles. The van der Waals surface area contributed by atoms with Crippen molar-refractivity contribution in [3.05, 3.63) is 57.1 Å². The van der Waals surface area contributed by atoms with E-state index in [0.717, 1.165) is 16.6 Å². The van der Waals surface area contributed by atoms with Crippen LogP contribution in [0, 0.1) is 0 Å². The first-order valence-electron chi connectivity index (χ1n) is 6.69. The fraction of sp³-hybridized carbons (Fsp3) is 0.200. The molecular formula is C15H13BrN2O5. The Bertz CT molecular complexity index is 828. The quantitative estimate of drug-likeness (QED) is 0.578. The molecule has 23 heavy (non-hydrogen) atoms. The van der Waals surface area contributed by atoms with Gasteiger partial charge in [0.1, 0.15) is 12.3 Å². The van der Waals surface area contributed by atoms with Gasteiger partial charge in [-0.15, -0.1) is 0 Å². The van der Waals surface area contributed by atoms with Crippen molar-refractivity contribution >= 4 is 33.5 Å². The van der Waals surface area contributed by atoms with E-state index < -0.39 is 11.9 Å². The predicted molar refractivity (Wildman–Crippen MR) is 84.7 cm³/mol. The fourth-order valence-corrected chi connectivity index (χ4v) is 2.06. The first kappa shape index (κ1) is 16.9. The average Bonchev–Trinajstić information content (AvgIpc) is 2.52. The summed E-state index contributed by atoms with van der Waals surface area (Å²) in [6.45, 7) is 1.71. The third-order valence-corrected chi connectivity index (χ3v) is 3.15. The maximum atomic E-state index is 12.0. The van der Waals surface area contributed by atoms with Gasteiger partial charge in [-0.05, 0) is 35.0 Å². The number of rotatable bonds is 5. The van der Waals surface area contributed by atoms with Crippen LogP contribution < -0.4 is 5.56 Å². The van der Waals surface area contributed by atoms with Crippen molar-refractivity contribution in [2.24, 2.45) is 0 Å². The van der Waals surface area contributed by atoms with Gasteiger partial charge in [0.2, 0.25) is 0 Å². The summed E-state index contributed by atoms with van der Waals surface area (Å²) in [5, 5.41) is 0. The zero-order valence-electron chi connectivity index (χ0n) is 12.2. The van der Waals surface area contributed by atoms with Gasteiger partial charge in [0, 0.05) is 28.9 Å². The van der Waals surface area contributed by atoms with Crippen LogP contribution in [0.3, 0.4) is 0 Å². The lowest BCUT2D eigenvalue weighted by molar-refractivity contribution is -0.141. The minimum atomic E-state index is -0.726. The molecule has 0 radical (unpaired) electrons. The lowest BCUT2D eigenvalue weighted by Gasteiger charge is -2.05. The molecule has 0 bridgehead atoms. The molecule has 0 spiro atoms. The van der Waals surface area contributed by atoms with E-state index in [0.29, 0.717) is 11.3 Å². The number of aromatic nitrogens is 2. The number of halogens is 1. The lowest BCUT2D eigenvalue weighted by atomic mass is 10.4. The zero-order chi connectivity index (χ0) is 16.8. The SMILES string of the molecule is CCOC(=O)/C=C/C(=O)OCc1cc(=O)n2cc(Br)ccc2n1. The Hall–Kier alpha value is -2.48. The Morgan fingerprint density at radius 1 is 1.26 bits per heavy atom. The summed E-state index contributed by atoms with van der Waals surface area (Å²) in [6, 6.07) is 4.69. The number of fused-ring (bicyclic) bond motifs is 1. The minimum Gasteiger partial charge on any atom is -0.463 e. The van der Waals surface area contributed by atoms with E-state index in [-0.39, 0.29) is 18.8 Å². The highest BCUT2D eigenvalue weighted by molar-refractivity contribution is 9.10. The Morgan fingerprint density at radius 3 is 2.65 bits per heavy atom. The van der Waals surface area contributed by atoms with Crippen molar-refractivity contribution in [2.75, 3.05) is 6.61 Å². The lowest BCUT2D eigenvalue weighted by Crippen LogP contribution is -2.16. The van der Waals surface area contributed by atoms with E-state index in [1.165, 1.54) is 10.5 Å². The van der Waals surface area contributed by atoms with Crippen LogP contribution in [-0.4, -0.2) is 27.9 Å². The van der Waals surface area contributed by atoms with Gasteiger partial charge in [-0.1, -0.05) is 0 Å². The van der Waals surface area contributed by atoms with Crippen LogP contribution in [0.5, 0.6) is 0 Å². The summed E-state index contributed by atoms with van der Waals surface area (Å²) < 4.78 is 11.7. The van der Waals surface area contributed by atoms with Gasteiger partial charge in [0.05, 0.1) is 12.3 Å². The molecule has 0 aliphatic rings. The van der Waals surface area contributed by atoms with Crippen LogP contribution in [0.2, 0.25) is 0 Å². The van der Waals surface area contributed by atoms with Gasteiger partial charge in [-0.2, -0.15) is 0 Å². The molecule has 8 heteroatoms. The summed E-state index contributed by atoms with van der Waals surface area (Å²) in [6.07, 6.45) is 3.54. The molecule has 7 nitrogen and oxygen atoms in total. The monoisotopic (exact) mass is 380 g/mol. The summed E-state index contributed by atoms with van der Waals surface area (Å²) in [4.78, 5) is 38.7. The van der Waals surface area contributed by atoms with Crippen molar-refractivity contribution in [3.63, 3.8) is 0 Å². The fourth-order valence-electron chi connectivity index (χ4n) is 1.72. The van der Waals surface area contributed by atoms with Gasteiger partial charge in [-0.25, -0.2) is 14.6 Å². The maximum Gasteiger partial charge on any atom is 0.331 e. The first-order valence-corrected chi connectivity index (χ1v) is 7.48. The van der Waals surface area contributed by atoms with E-state index in [1.54, 1.807) is 25.3 Å². The summed E-state index contributed by atoms with van der Waals surface area (Å²) in [5.41, 5.74) is 0.466. The molecule has 0 fully saturated rings. The van der Waals surface area contributed by atoms with Gasteiger partial charge in [0.15, 0.2) is 0 Å². The Kier molecular flexibility index (Phi) is 5.64. The second-order valence-electron chi connectivity index (χ2n) is 4.35. The molecule has 0 aromatic carbocycles. The molecule has 0 saturated heterocycles. The summed E-state index contributed by atoms with van der Waals surface area (Å²) in [5.74, 6) is -1.35. The van der Waals surface area contributed by atoms with Crippen LogP contribution in [0.4, 0.5) is 0 Å². The van der Waals surface area contributed by atoms with Crippen LogP contribution in [0.15, 0.2) is 45.8 Å². The van der Waals surface area contributed by atoms with Crippen molar-refractivity contribution < 1.29 is 19.1 Å². The molecule has 2 rings (SSSR count). The average molecular weight is 381 g/mol. The number of carbonyl (C=O) groups excluding carboxylic acids is 2. The molecule has 0 N–H and O–H groups in total. The molecule has 120 valence electrons. The normalized spacial score (nSPS) is 10.9. The van der Waals surface area contributed by atoms with E-state index in [4.69, 9.17) is 4.74 Å². The van der Waals surface area contributed by atoms with Gasteiger partial charge in [0.25, 0.3) is 5.56 Å². The standard InChI is InChI=1S/C15H13BrN2O5/c1-2-22-14(20)5-6-15(21)23-9-11-7-13(19)18-8-10(16)3-4-12(18)17-11/h3-8H,2,9H2,1H3/b6-5+. The van der Waals surface area contributed by atoms with E-state index in [1.807, 2.05) is 0 Å². The zero-order valence-corrected chi connectivity index (χ0v) is 13.8. The second kappa shape index (κ2) is 7.68. The predicted octanol–water partition coefficient (Wildman–Crippen LogP) is 1.62. The van der Waals surface area contributed by atoms with Gasteiger partial charge in [-0.3, -0.25) is 9.20 Å². The van der Waals surface area contributed by atoms with Crippen molar-refractivity contribution in [3.8, 4) is 0 Å². The minimum absolute atomic E-state index is 0.173. The van der Waals surface area contributed by atoms with E-state index in [2.05, 4.69) is 25.7 Å². The van der Waals surface area contributed by atoms with Crippen molar-refractivity contribution in [1.29, 1.82) is 0 Å². The topological polar surface area (TPSA) is 87.0 Å². The van der Waals surface area contributed by atoms with Crippen LogP contribution >= 0.6 is 15.9 Å². The van der Waals surface area contributed by atoms with Gasteiger partial charge >= 0.3 is 11.9 Å². The largest absolute Gasteiger partial charge is 0.463 e. The van der Waals surface area contributed by atoms with E-state index in [9.17, 15) is 14.4 Å². The highest BCUT2D eigenvalue weighted by Gasteiger charge is 2.06.